The zero-order valence-corrected chi connectivity index (χ0v) is 6.86. The van der Waals surface area contributed by atoms with E-state index in [1.807, 2.05) is 13.0 Å². The van der Waals surface area contributed by atoms with Gasteiger partial charge < -0.3 is 5.11 Å². The fourth-order valence-electron chi connectivity index (χ4n) is 1.07. The number of nitriles is 1. The molecule has 1 heterocycles. The number of aliphatic hydroxyl groups excluding tert-OH is 1. The molecule has 0 radical (unpaired) electrons. The summed E-state index contributed by atoms with van der Waals surface area (Å²) in [5, 5.41) is 24.7. The van der Waals surface area contributed by atoms with Crippen LogP contribution in [-0.2, 0) is 19.6 Å². The maximum absolute atomic E-state index is 8.83. The van der Waals surface area contributed by atoms with Crippen LogP contribution >= 0.6 is 0 Å². The van der Waals surface area contributed by atoms with Crippen LogP contribution in [0.1, 0.15) is 18.3 Å². The largest absolute Gasteiger partial charge is 0.390 e. The van der Waals surface area contributed by atoms with E-state index < -0.39 is 0 Å². The van der Waals surface area contributed by atoms with Gasteiger partial charge in [0.1, 0.15) is 12.2 Å². The van der Waals surface area contributed by atoms with Gasteiger partial charge in [-0.15, -0.1) is 5.10 Å². The summed E-state index contributed by atoms with van der Waals surface area (Å²) in [6, 6.07) is 1.97. The average molecular weight is 166 g/mol. The monoisotopic (exact) mass is 166 g/mol. The molecule has 1 N–H and O–H groups in total. The highest BCUT2D eigenvalue weighted by Crippen LogP contribution is 2.05. The molecular formula is C7H10N4O. The van der Waals surface area contributed by atoms with Crippen molar-refractivity contribution in [3.05, 3.63) is 11.4 Å². The fraction of sp³-hybridized carbons (Fsp3) is 0.571. The summed E-state index contributed by atoms with van der Waals surface area (Å²) < 4.78 is 1.51. The normalized spacial score (nSPS) is 9.75. The van der Waals surface area contributed by atoms with E-state index >= 15 is 0 Å². The number of aromatic nitrogens is 3. The van der Waals surface area contributed by atoms with Crippen LogP contribution in [0.4, 0.5) is 0 Å². The Morgan fingerprint density at radius 1 is 1.67 bits per heavy atom. The van der Waals surface area contributed by atoms with E-state index in [9.17, 15) is 0 Å². The fourth-order valence-corrected chi connectivity index (χ4v) is 1.07. The van der Waals surface area contributed by atoms with Gasteiger partial charge in [-0.2, -0.15) is 5.26 Å². The lowest BCUT2D eigenvalue weighted by Crippen LogP contribution is -2.03. The SMILES string of the molecule is CCc1c(CO)nnn1CC#N. The highest BCUT2D eigenvalue weighted by molar-refractivity contribution is 5.09. The van der Waals surface area contributed by atoms with Crippen LogP contribution in [-0.4, -0.2) is 20.1 Å². The quantitative estimate of drug-likeness (QED) is 0.678. The molecule has 12 heavy (non-hydrogen) atoms. The van der Waals surface area contributed by atoms with Crippen LogP contribution in [0.2, 0.25) is 0 Å². The standard InChI is InChI=1S/C7H10N4O/c1-2-7-6(5-12)9-10-11(7)4-3-8/h12H,2,4-5H2,1H3. The van der Waals surface area contributed by atoms with E-state index in [1.54, 1.807) is 0 Å². The summed E-state index contributed by atoms with van der Waals surface area (Å²) >= 11 is 0. The van der Waals surface area contributed by atoms with Crippen molar-refractivity contribution in [2.45, 2.75) is 26.5 Å². The van der Waals surface area contributed by atoms with Crippen LogP contribution in [0.5, 0.6) is 0 Å². The Bertz CT molecular complexity index is 299. The summed E-state index contributed by atoms with van der Waals surface area (Å²) in [5.41, 5.74) is 1.40. The molecule has 0 amide bonds. The molecule has 64 valence electrons. The van der Waals surface area contributed by atoms with Gasteiger partial charge in [0.05, 0.1) is 18.4 Å². The Balaban J connectivity index is 2.98. The summed E-state index contributed by atoms with van der Waals surface area (Å²) in [5.74, 6) is 0. The van der Waals surface area contributed by atoms with Gasteiger partial charge in [0, 0.05) is 0 Å². The van der Waals surface area contributed by atoms with E-state index in [0.29, 0.717) is 5.69 Å². The first-order valence-corrected chi connectivity index (χ1v) is 3.72. The van der Waals surface area contributed by atoms with Crippen LogP contribution in [0.3, 0.4) is 0 Å². The minimum Gasteiger partial charge on any atom is -0.390 e. The van der Waals surface area contributed by atoms with Crippen LogP contribution < -0.4 is 0 Å². The van der Waals surface area contributed by atoms with Crippen molar-refractivity contribution >= 4 is 0 Å². The molecule has 5 heteroatoms. The second-order valence-electron chi connectivity index (χ2n) is 2.31. The van der Waals surface area contributed by atoms with Gasteiger partial charge in [-0.05, 0) is 6.42 Å². The first kappa shape index (κ1) is 8.68. The first-order chi connectivity index (χ1) is 5.83. The summed E-state index contributed by atoms with van der Waals surface area (Å²) in [7, 11) is 0. The highest BCUT2D eigenvalue weighted by atomic mass is 16.3. The summed E-state index contributed by atoms with van der Waals surface area (Å²) in [6.07, 6.45) is 0.727. The number of rotatable bonds is 3. The van der Waals surface area contributed by atoms with Gasteiger partial charge in [-0.3, -0.25) is 0 Å². The van der Waals surface area contributed by atoms with Gasteiger partial charge in [0.25, 0.3) is 0 Å². The third-order valence-corrected chi connectivity index (χ3v) is 1.62. The molecule has 1 rings (SSSR count). The molecule has 0 aromatic carbocycles. The highest BCUT2D eigenvalue weighted by Gasteiger charge is 2.08. The Labute approximate surface area is 70.2 Å². The van der Waals surface area contributed by atoms with E-state index in [-0.39, 0.29) is 13.2 Å². The maximum Gasteiger partial charge on any atom is 0.130 e. The van der Waals surface area contributed by atoms with Crippen molar-refractivity contribution < 1.29 is 5.11 Å². The van der Waals surface area contributed by atoms with Crippen LogP contribution in [0.25, 0.3) is 0 Å². The predicted octanol–water partition coefficient (Wildman–Crippen LogP) is -0.144. The van der Waals surface area contributed by atoms with Crippen molar-refractivity contribution in [1.29, 1.82) is 5.26 Å². The first-order valence-electron chi connectivity index (χ1n) is 3.72. The Morgan fingerprint density at radius 2 is 2.42 bits per heavy atom. The Morgan fingerprint density at radius 3 is 2.92 bits per heavy atom. The topological polar surface area (TPSA) is 74.7 Å². The van der Waals surface area contributed by atoms with Crippen molar-refractivity contribution in [3.8, 4) is 6.07 Å². The Hall–Kier alpha value is -1.41. The van der Waals surface area contributed by atoms with Crippen molar-refractivity contribution in [2.24, 2.45) is 0 Å². The third kappa shape index (κ3) is 1.43. The molecule has 1 aromatic heterocycles. The molecule has 0 aliphatic heterocycles. The third-order valence-electron chi connectivity index (χ3n) is 1.62. The summed E-state index contributed by atoms with van der Waals surface area (Å²) in [4.78, 5) is 0. The molecule has 0 aliphatic rings. The van der Waals surface area contributed by atoms with Gasteiger partial charge >= 0.3 is 0 Å². The number of hydrogen-bond acceptors (Lipinski definition) is 4. The minimum absolute atomic E-state index is 0.116. The number of hydrogen-bond donors (Lipinski definition) is 1. The lowest BCUT2D eigenvalue weighted by atomic mass is 10.2. The molecule has 1 aromatic rings. The van der Waals surface area contributed by atoms with Gasteiger partial charge in [-0.25, -0.2) is 4.68 Å². The molecule has 0 atom stereocenters. The molecule has 5 nitrogen and oxygen atoms in total. The Kier molecular flexibility index (Phi) is 2.77. The molecule has 0 fully saturated rings. The van der Waals surface area contributed by atoms with Gasteiger partial charge in [0.15, 0.2) is 0 Å². The zero-order chi connectivity index (χ0) is 8.97. The van der Waals surface area contributed by atoms with Gasteiger partial charge in [0.2, 0.25) is 0 Å². The lowest BCUT2D eigenvalue weighted by molar-refractivity contribution is 0.275. The second-order valence-corrected chi connectivity index (χ2v) is 2.31. The summed E-state index contributed by atoms with van der Waals surface area (Å²) in [6.45, 7) is 2.01. The van der Waals surface area contributed by atoms with Crippen LogP contribution in [0, 0.1) is 11.3 Å². The van der Waals surface area contributed by atoms with E-state index in [1.165, 1.54) is 4.68 Å². The van der Waals surface area contributed by atoms with E-state index in [0.717, 1.165) is 12.1 Å². The molecule has 0 bridgehead atoms. The number of nitrogens with zero attached hydrogens (tertiary/aromatic N) is 4. The van der Waals surface area contributed by atoms with Crippen molar-refractivity contribution in [2.75, 3.05) is 0 Å². The predicted molar refractivity (Wildman–Crippen MR) is 40.9 cm³/mol. The van der Waals surface area contributed by atoms with Crippen molar-refractivity contribution in [3.63, 3.8) is 0 Å². The smallest absolute Gasteiger partial charge is 0.130 e. The molecule has 0 unspecified atom stereocenters. The van der Waals surface area contributed by atoms with Crippen LogP contribution in [0.15, 0.2) is 0 Å². The van der Waals surface area contributed by atoms with Gasteiger partial charge in [-0.1, -0.05) is 12.1 Å². The van der Waals surface area contributed by atoms with E-state index in [4.69, 9.17) is 10.4 Å². The minimum atomic E-state index is -0.116. The molecule has 0 spiro atoms. The van der Waals surface area contributed by atoms with E-state index in [2.05, 4.69) is 10.3 Å². The zero-order valence-electron chi connectivity index (χ0n) is 6.86. The molecule has 0 aliphatic carbocycles. The second kappa shape index (κ2) is 3.83. The molecule has 0 saturated carbocycles. The maximum atomic E-state index is 8.83. The van der Waals surface area contributed by atoms with Crippen molar-refractivity contribution in [1.82, 2.24) is 15.0 Å². The molecule has 0 saturated heterocycles. The average Bonchev–Trinajstić information content (AvgIpc) is 2.47. The molecular weight excluding hydrogens is 156 g/mol. The number of aliphatic hydroxyl groups is 1. The lowest BCUT2D eigenvalue weighted by Gasteiger charge is -1.98.